The molecule has 3 aromatic rings. The van der Waals surface area contributed by atoms with Crippen molar-refractivity contribution in [2.24, 2.45) is 5.92 Å². The number of aromatic carboxylic acids is 1. The minimum absolute atomic E-state index is 0.138. The van der Waals surface area contributed by atoms with Crippen LogP contribution in [0.25, 0.3) is 11.4 Å². The van der Waals surface area contributed by atoms with E-state index in [-0.39, 0.29) is 11.4 Å². The van der Waals surface area contributed by atoms with Crippen molar-refractivity contribution >= 4 is 11.8 Å². The summed E-state index contributed by atoms with van der Waals surface area (Å²) in [5.41, 5.74) is 1.03. The van der Waals surface area contributed by atoms with Crippen molar-refractivity contribution in [1.82, 2.24) is 15.0 Å². The number of pyridine rings is 1. The Kier molecular flexibility index (Phi) is 5.67. The second-order valence-corrected chi connectivity index (χ2v) is 7.68. The Labute approximate surface area is 176 Å². The first kappa shape index (κ1) is 20.9. The third kappa shape index (κ3) is 4.87. The number of nitrogens with one attached hydrogen (secondary N) is 1. The predicted molar refractivity (Wildman–Crippen MR) is 109 cm³/mol. The van der Waals surface area contributed by atoms with E-state index in [2.05, 4.69) is 19.9 Å². The monoisotopic (exact) mass is 430 g/mol. The third-order valence-corrected chi connectivity index (χ3v) is 5.57. The van der Waals surface area contributed by atoms with Crippen LogP contribution in [0.3, 0.4) is 0 Å². The number of carboxylic acid groups (broad SMARTS) is 1. The normalized spacial score (nSPS) is 15.3. The van der Waals surface area contributed by atoms with Crippen molar-refractivity contribution < 1.29 is 23.1 Å². The van der Waals surface area contributed by atoms with Gasteiger partial charge in [-0.05, 0) is 55.0 Å². The maximum Gasteiger partial charge on any atom is 0.432 e. The summed E-state index contributed by atoms with van der Waals surface area (Å²) in [7, 11) is 0. The van der Waals surface area contributed by atoms with Gasteiger partial charge in [-0.15, -0.1) is 0 Å². The van der Waals surface area contributed by atoms with Gasteiger partial charge in [0.05, 0.1) is 11.8 Å². The molecule has 1 saturated heterocycles. The van der Waals surface area contributed by atoms with Crippen LogP contribution in [0.1, 0.15) is 34.5 Å². The molecule has 0 unspecified atom stereocenters. The van der Waals surface area contributed by atoms with Gasteiger partial charge in [0.2, 0.25) is 0 Å². The molecule has 162 valence electrons. The van der Waals surface area contributed by atoms with Gasteiger partial charge in [-0.1, -0.05) is 12.1 Å². The number of carboxylic acids is 1. The molecule has 0 spiro atoms. The van der Waals surface area contributed by atoms with Gasteiger partial charge in [-0.2, -0.15) is 13.2 Å². The molecule has 1 aliphatic rings. The molecule has 31 heavy (non-hydrogen) atoms. The first-order valence-electron chi connectivity index (χ1n) is 9.95. The SMILES string of the molecule is O=C(O)c1ccc(CC2CCN(c3ccc(-c4ncc(C(F)(F)F)[nH]4)cn3)CC2)cc1. The van der Waals surface area contributed by atoms with Crippen molar-refractivity contribution in [2.75, 3.05) is 18.0 Å². The fraction of sp³-hybridized carbons (Fsp3) is 0.318. The molecule has 0 aliphatic carbocycles. The highest BCUT2D eigenvalue weighted by Crippen LogP contribution is 2.30. The van der Waals surface area contributed by atoms with Gasteiger partial charge in [0.25, 0.3) is 0 Å². The van der Waals surface area contributed by atoms with Crippen molar-refractivity contribution in [2.45, 2.75) is 25.4 Å². The highest BCUT2D eigenvalue weighted by Gasteiger charge is 2.33. The van der Waals surface area contributed by atoms with E-state index in [4.69, 9.17) is 5.11 Å². The summed E-state index contributed by atoms with van der Waals surface area (Å²) in [5, 5.41) is 8.99. The third-order valence-electron chi connectivity index (χ3n) is 5.57. The first-order valence-corrected chi connectivity index (χ1v) is 9.95. The highest BCUT2D eigenvalue weighted by atomic mass is 19.4. The second-order valence-electron chi connectivity index (χ2n) is 7.68. The van der Waals surface area contributed by atoms with Gasteiger partial charge in [-0.25, -0.2) is 14.8 Å². The Balaban J connectivity index is 1.33. The maximum atomic E-state index is 12.7. The van der Waals surface area contributed by atoms with Crippen LogP contribution in [-0.2, 0) is 12.6 Å². The Morgan fingerprint density at radius 3 is 2.32 bits per heavy atom. The van der Waals surface area contributed by atoms with Crippen LogP contribution in [0.4, 0.5) is 19.0 Å². The Morgan fingerprint density at radius 2 is 1.77 bits per heavy atom. The molecule has 0 atom stereocenters. The number of imidazole rings is 1. The fourth-order valence-corrected chi connectivity index (χ4v) is 3.81. The van der Waals surface area contributed by atoms with Crippen LogP contribution in [0.2, 0.25) is 0 Å². The smallest absolute Gasteiger partial charge is 0.432 e. The van der Waals surface area contributed by atoms with Crippen LogP contribution in [0.15, 0.2) is 48.8 Å². The summed E-state index contributed by atoms with van der Waals surface area (Å²) in [5.74, 6) is 0.510. The molecule has 2 N–H and O–H groups in total. The quantitative estimate of drug-likeness (QED) is 0.616. The first-order chi connectivity index (χ1) is 14.8. The number of hydrogen-bond acceptors (Lipinski definition) is 4. The number of benzene rings is 1. The van der Waals surface area contributed by atoms with Crippen molar-refractivity contribution in [3.63, 3.8) is 0 Å². The molecule has 0 bridgehead atoms. The number of rotatable bonds is 5. The van der Waals surface area contributed by atoms with Gasteiger partial charge < -0.3 is 15.0 Å². The number of hydrogen-bond donors (Lipinski definition) is 2. The molecule has 6 nitrogen and oxygen atoms in total. The van der Waals surface area contributed by atoms with Crippen LogP contribution < -0.4 is 4.90 Å². The van der Waals surface area contributed by atoms with E-state index in [1.165, 1.54) is 6.20 Å². The number of aromatic nitrogens is 3. The largest absolute Gasteiger partial charge is 0.478 e. The Morgan fingerprint density at radius 1 is 1.06 bits per heavy atom. The van der Waals surface area contributed by atoms with Crippen molar-refractivity contribution in [3.05, 3.63) is 65.6 Å². The Bertz CT molecular complexity index is 1040. The number of carbonyl (C=O) groups is 1. The maximum absolute atomic E-state index is 12.7. The van der Waals surface area contributed by atoms with E-state index >= 15 is 0 Å². The summed E-state index contributed by atoms with van der Waals surface area (Å²) >= 11 is 0. The van der Waals surface area contributed by atoms with Crippen LogP contribution >= 0.6 is 0 Å². The number of anilines is 1. The van der Waals surface area contributed by atoms with E-state index in [0.717, 1.165) is 49.9 Å². The summed E-state index contributed by atoms with van der Waals surface area (Å²) < 4.78 is 38.2. The van der Waals surface area contributed by atoms with Gasteiger partial charge in [0.1, 0.15) is 17.3 Å². The van der Waals surface area contributed by atoms with Crippen LogP contribution in [-0.4, -0.2) is 39.1 Å². The molecule has 3 heterocycles. The number of alkyl halides is 3. The minimum Gasteiger partial charge on any atom is -0.478 e. The summed E-state index contributed by atoms with van der Waals surface area (Å²) in [6, 6.07) is 10.5. The average Bonchev–Trinajstić information content (AvgIpc) is 3.26. The number of H-pyrrole nitrogens is 1. The van der Waals surface area contributed by atoms with Gasteiger partial charge in [-0.3, -0.25) is 0 Å². The summed E-state index contributed by atoms with van der Waals surface area (Å²) in [6.45, 7) is 1.67. The molecule has 9 heteroatoms. The summed E-state index contributed by atoms with van der Waals surface area (Å²) in [4.78, 5) is 23.6. The number of nitrogens with zero attached hydrogens (tertiary/aromatic N) is 3. The van der Waals surface area contributed by atoms with E-state index in [1.807, 2.05) is 12.1 Å². The lowest BCUT2D eigenvalue weighted by Crippen LogP contribution is -2.34. The lowest BCUT2D eigenvalue weighted by Gasteiger charge is -2.33. The average molecular weight is 430 g/mol. The molecule has 2 aromatic heterocycles. The highest BCUT2D eigenvalue weighted by molar-refractivity contribution is 5.87. The molecule has 1 aliphatic heterocycles. The zero-order valence-corrected chi connectivity index (χ0v) is 16.6. The van der Waals surface area contributed by atoms with Gasteiger partial charge in [0, 0.05) is 24.8 Å². The zero-order chi connectivity index (χ0) is 22.0. The number of halogens is 3. The van der Waals surface area contributed by atoms with E-state index in [0.29, 0.717) is 11.5 Å². The van der Waals surface area contributed by atoms with Crippen molar-refractivity contribution in [1.29, 1.82) is 0 Å². The Hall–Kier alpha value is -3.36. The number of piperidine rings is 1. The van der Waals surface area contributed by atoms with Gasteiger partial charge in [0.15, 0.2) is 0 Å². The molecule has 0 saturated carbocycles. The van der Waals surface area contributed by atoms with Gasteiger partial charge >= 0.3 is 12.1 Å². The topological polar surface area (TPSA) is 82.1 Å². The predicted octanol–water partition coefficient (Wildman–Crippen LogP) is 4.65. The van der Waals surface area contributed by atoms with Crippen LogP contribution in [0, 0.1) is 5.92 Å². The lowest BCUT2D eigenvalue weighted by molar-refractivity contribution is -0.140. The van der Waals surface area contributed by atoms with E-state index in [9.17, 15) is 18.0 Å². The standard InChI is InChI=1S/C22H21F3N4O2/c23-22(24,25)18-13-27-20(28-18)17-5-6-19(26-12-17)29-9-7-15(8-10-29)11-14-1-3-16(4-2-14)21(30)31/h1-6,12-13,15H,7-11H2,(H,27,28)(H,30,31). The van der Waals surface area contributed by atoms with Crippen LogP contribution in [0.5, 0.6) is 0 Å². The molecular weight excluding hydrogens is 409 g/mol. The number of aromatic amines is 1. The fourth-order valence-electron chi connectivity index (χ4n) is 3.81. The zero-order valence-electron chi connectivity index (χ0n) is 16.6. The van der Waals surface area contributed by atoms with E-state index < -0.39 is 17.8 Å². The second kappa shape index (κ2) is 8.41. The lowest BCUT2D eigenvalue weighted by atomic mass is 9.90. The molecule has 0 radical (unpaired) electrons. The minimum atomic E-state index is -4.46. The molecule has 1 aromatic carbocycles. The van der Waals surface area contributed by atoms with E-state index in [1.54, 1.807) is 24.3 Å². The molecular formula is C22H21F3N4O2. The van der Waals surface area contributed by atoms with Crippen molar-refractivity contribution in [3.8, 4) is 11.4 Å². The molecule has 1 fully saturated rings. The molecule has 0 amide bonds. The summed E-state index contributed by atoms with van der Waals surface area (Å²) in [6.07, 6.45) is 0.726. The molecule has 4 rings (SSSR count).